The largest absolute Gasteiger partial charge is 0.298 e. The van der Waals surface area contributed by atoms with Gasteiger partial charge in [0.25, 0.3) is 5.91 Å². The molecule has 1 aromatic carbocycles. The number of nitrogens with one attached hydrogen (secondary N) is 1. The minimum absolute atomic E-state index is 0.196. The second-order valence-electron chi connectivity index (χ2n) is 6.32. The molecular formula is C20H17FN4OS2. The van der Waals surface area contributed by atoms with Gasteiger partial charge in [-0.2, -0.15) is 0 Å². The summed E-state index contributed by atoms with van der Waals surface area (Å²) in [7, 11) is 0. The van der Waals surface area contributed by atoms with Crippen LogP contribution in [0.3, 0.4) is 0 Å². The van der Waals surface area contributed by atoms with Gasteiger partial charge in [-0.15, -0.1) is 22.7 Å². The fourth-order valence-corrected chi connectivity index (χ4v) is 4.62. The third-order valence-corrected chi connectivity index (χ3v) is 6.02. The summed E-state index contributed by atoms with van der Waals surface area (Å²) in [6.45, 7) is 3.86. The van der Waals surface area contributed by atoms with Crippen molar-refractivity contribution in [3.8, 4) is 5.13 Å². The van der Waals surface area contributed by atoms with Gasteiger partial charge < -0.3 is 0 Å². The van der Waals surface area contributed by atoms with Crippen LogP contribution >= 0.6 is 22.7 Å². The molecular weight excluding hydrogens is 395 g/mol. The fraction of sp³-hybridized carbons (Fsp3) is 0.150. The highest BCUT2D eigenvalue weighted by Crippen LogP contribution is 2.25. The van der Waals surface area contributed by atoms with E-state index in [0.29, 0.717) is 17.1 Å². The number of amides is 1. The SMILES string of the molecule is Cc1cc(C(=O)Nc2ncc(Cc3ccc(F)cc3)s2)c(C)n1-c1nccs1. The van der Waals surface area contributed by atoms with Crippen LogP contribution in [0.1, 0.15) is 32.2 Å². The molecule has 142 valence electrons. The number of carbonyl (C=O) groups is 1. The minimum atomic E-state index is -0.253. The number of halogens is 1. The molecule has 0 aliphatic rings. The summed E-state index contributed by atoms with van der Waals surface area (Å²) < 4.78 is 15.0. The van der Waals surface area contributed by atoms with Crippen molar-refractivity contribution >= 4 is 33.7 Å². The Hall–Kier alpha value is -2.84. The van der Waals surface area contributed by atoms with E-state index in [1.165, 1.54) is 34.8 Å². The summed E-state index contributed by atoms with van der Waals surface area (Å²) in [5.41, 5.74) is 3.39. The zero-order valence-electron chi connectivity index (χ0n) is 15.3. The van der Waals surface area contributed by atoms with Gasteiger partial charge in [0.1, 0.15) is 5.82 Å². The predicted molar refractivity (Wildman–Crippen MR) is 110 cm³/mol. The van der Waals surface area contributed by atoms with Crippen LogP contribution in [-0.2, 0) is 6.42 Å². The van der Waals surface area contributed by atoms with E-state index in [0.717, 1.165) is 27.0 Å². The first kappa shape index (κ1) is 18.5. The van der Waals surface area contributed by atoms with Gasteiger partial charge in [0.05, 0.1) is 5.56 Å². The molecule has 1 N–H and O–H groups in total. The van der Waals surface area contributed by atoms with E-state index < -0.39 is 0 Å². The van der Waals surface area contributed by atoms with E-state index in [1.807, 2.05) is 29.9 Å². The summed E-state index contributed by atoms with van der Waals surface area (Å²) in [6, 6.07) is 8.25. The van der Waals surface area contributed by atoms with Gasteiger partial charge in [-0.1, -0.05) is 12.1 Å². The van der Waals surface area contributed by atoms with E-state index in [1.54, 1.807) is 24.5 Å². The Kier molecular flexibility index (Phi) is 5.06. The summed E-state index contributed by atoms with van der Waals surface area (Å²) >= 11 is 2.94. The van der Waals surface area contributed by atoms with Gasteiger partial charge >= 0.3 is 0 Å². The number of aryl methyl sites for hydroxylation is 1. The maximum Gasteiger partial charge on any atom is 0.259 e. The Morgan fingerprint density at radius 1 is 1.21 bits per heavy atom. The molecule has 0 saturated carbocycles. The fourth-order valence-electron chi connectivity index (χ4n) is 3.03. The number of anilines is 1. The second-order valence-corrected chi connectivity index (χ2v) is 8.31. The predicted octanol–water partition coefficient (Wildman–Crippen LogP) is 4.99. The number of rotatable bonds is 5. The van der Waals surface area contributed by atoms with Gasteiger partial charge in [0.15, 0.2) is 10.3 Å². The molecule has 0 saturated heterocycles. The molecule has 4 aromatic rings. The van der Waals surface area contributed by atoms with E-state index in [2.05, 4.69) is 15.3 Å². The van der Waals surface area contributed by atoms with Crippen LogP contribution in [-0.4, -0.2) is 20.4 Å². The minimum Gasteiger partial charge on any atom is -0.298 e. The van der Waals surface area contributed by atoms with Crippen molar-refractivity contribution in [2.75, 3.05) is 5.32 Å². The van der Waals surface area contributed by atoms with Crippen LogP contribution in [0.25, 0.3) is 5.13 Å². The van der Waals surface area contributed by atoms with Gasteiger partial charge in [-0.05, 0) is 37.6 Å². The van der Waals surface area contributed by atoms with E-state index >= 15 is 0 Å². The van der Waals surface area contributed by atoms with Crippen LogP contribution < -0.4 is 5.32 Å². The summed E-state index contributed by atoms with van der Waals surface area (Å²) in [5.74, 6) is -0.449. The lowest BCUT2D eigenvalue weighted by atomic mass is 10.1. The Balaban J connectivity index is 1.49. The molecule has 0 aliphatic carbocycles. The number of nitrogens with zero attached hydrogens (tertiary/aromatic N) is 3. The first-order valence-electron chi connectivity index (χ1n) is 8.60. The highest BCUT2D eigenvalue weighted by Gasteiger charge is 2.18. The van der Waals surface area contributed by atoms with Gasteiger partial charge in [-0.3, -0.25) is 14.7 Å². The molecule has 0 atom stereocenters. The van der Waals surface area contributed by atoms with Gasteiger partial charge in [-0.25, -0.2) is 14.4 Å². The lowest BCUT2D eigenvalue weighted by Crippen LogP contribution is -2.12. The van der Waals surface area contributed by atoms with Gasteiger partial charge in [0, 0.05) is 40.5 Å². The van der Waals surface area contributed by atoms with Crippen molar-refractivity contribution in [2.24, 2.45) is 0 Å². The first-order chi connectivity index (χ1) is 13.5. The summed E-state index contributed by atoms with van der Waals surface area (Å²) in [5, 5.41) is 6.17. The molecule has 4 rings (SSSR count). The average Bonchev–Trinajstić information content (AvgIpc) is 3.39. The highest BCUT2D eigenvalue weighted by molar-refractivity contribution is 7.15. The smallest absolute Gasteiger partial charge is 0.259 e. The normalized spacial score (nSPS) is 11.0. The molecule has 0 unspecified atom stereocenters. The zero-order chi connectivity index (χ0) is 19.7. The number of aromatic nitrogens is 3. The van der Waals surface area contributed by atoms with Gasteiger partial charge in [0.2, 0.25) is 0 Å². The topological polar surface area (TPSA) is 59.8 Å². The molecule has 0 fully saturated rings. The maximum atomic E-state index is 13.0. The number of carbonyl (C=O) groups excluding carboxylic acids is 1. The van der Waals surface area contributed by atoms with Crippen molar-refractivity contribution < 1.29 is 9.18 Å². The van der Waals surface area contributed by atoms with E-state index in [9.17, 15) is 9.18 Å². The number of benzene rings is 1. The lowest BCUT2D eigenvalue weighted by Gasteiger charge is -2.05. The standard InChI is InChI=1S/C20H17FN4OS2/c1-12-9-17(13(2)25(12)20-22-7-8-27-20)18(26)24-19-23-11-16(28-19)10-14-3-5-15(21)6-4-14/h3-9,11H,10H2,1-2H3,(H,23,24,26). The highest BCUT2D eigenvalue weighted by atomic mass is 32.1. The third kappa shape index (κ3) is 3.74. The third-order valence-electron chi connectivity index (χ3n) is 4.35. The molecule has 0 bridgehead atoms. The van der Waals surface area contributed by atoms with Crippen LogP contribution in [0.15, 0.2) is 48.1 Å². The molecule has 8 heteroatoms. The molecule has 1 amide bonds. The molecule has 0 aliphatic heterocycles. The summed E-state index contributed by atoms with van der Waals surface area (Å²) in [6.07, 6.45) is 4.13. The average molecular weight is 413 g/mol. The van der Waals surface area contributed by atoms with Crippen molar-refractivity contribution in [1.82, 2.24) is 14.5 Å². The molecule has 28 heavy (non-hydrogen) atoms. The van der Waals surface area contributed by atoms with Crippen molar-refractivity contribution in [3.05, 3.63) is 81.3 Å². The zero-order valence-corrected chi connectivity index (χ0v) is 16.9. The Morgan fingerprint density at radius 2 is 2.00 bits per heavy atom. The molecule has 3 aromatic heterocycles. The first-order valence-corrected chi connectivity index (χ1v) is 10.3. The molecule has 3 heterocycles. The molecule has 0 spiro atoms. The van der Waals surface area contributed by atoms with Crippen molar-refractivity contribution in [3.63, 3.8) is 0 Å². The Labute approximate surface area is 169 Å². The van der Waals surface area contributed by atoms with Crippen LogP contribution in [0.4, 0.5) is 9.52 Å². The number of hydrogen-bond acceptors (Lipinski definition) is 5. The monoisotopic (exact) mass is 412 g/mol. The van der Waals surface area contributed by atoms with Crippen LogP contribution in [0, 0.1) is 19.7 Å². The quantitative estimate of drug-likeness (QED) is 0.502. The maximum absolute atomic E-state index is 13.0. The Bertz CT molecular complexity index is 1110. The summed E-state index contributed by atoms with van der Waals surface area (Å²) in [4.78, 5) is 22.4. The Morgan fingerprint density at radius 3 is 2.71 bits per heavy atom. The van der Waals surface area contributed by atoms with E-state index in [-0.39, 0.29) is 11.7 Å². The van der Waals surface area contributed by atoms with E-state index in [4.69, 9.17) is 0 Å². The van der Waals surface area contributed by atoms with Crippen molar-refractivity contribution in [2.45, 2.75) is 20.3 Å². The molecule has 0 radical (unpaired) electrons. The number of hydrogen-bond donors (Lipinski definition) is 1. The van der Waals surface area contributed by atoms with Crippen molar-refractivity contribution in [1.29, 1.82) is 0 Å². The number of thiazole rings is 2. The van der Waals surface area contributed by atoms with Crippen LogP contribution in [0.5, 0.6) is 0 Å². The van der Waals surface area contributed by atoms with Crippen LogP contribution in [0.2, 0.25) is 0 Å². The molecule has 5 nitrogen and oxygen atoms in total. The second kappa shape index (κ2) is 7.65. The lowest BCUT2D eigenvalue weighted by molar-refractivity contribution is 0.102.